The Kier molecular flexibility index (Phi) is 5.58. The van der Waals surface area contributed by atoms with Gasteiger partial charge in [-0.1, -0.05) is 6.07 Å². The Morgan fingerprint density at radius 2 is 2.16 bits per heavy atom. The average molecular weight is 288 g/mol. The van der Waals surface area contributed by atoms with Crippen LogP contribution >= 0.6 is 0 Å². The molecule has 0 bridgehead atoms. The zero-order chi connectivity index (χ0) is 14.3. The summed E-state index contributed by atoms with van der Waals surface area (Å²) in [6.07, 6.45) is -0.446. The van der Waals surface area contributed by atoms with Crippen molar-refractivity contribution in [3.05, 3.63) is 24.3 Å². The molecule has 0 spiro atoms. The van der Waals surface area contributed by atoms with E-state index in [0.717, 1.165) is 0 Å². The standard InChI is InChI=1S/C11H16N2O5S/c12-5-6-18-10-3-1-2-9(8-10)13-19(16,17)7-4-11(14)15/h1-3,8,13H,4-7,12H2,(H,14,15). The first kappa shape index (κ1) is 15.3. The van der Waals surface area contributed by atoms with Gasteiger partial charge in [-0.15, -0.1) is 0 Å². The second kappa shape index (κ2) is 6.95. The fourth-order valence-corrected chi connectivity index (χ4v) is 2.31. The molecular formula is C11H16N2O5S. The van der Waals surface area contributed by atoms with Crippen molar-refractivity contribution < 1.29 is 23.1 Å². The van der Waals surface area contributed by atoms with Gasteiger partial charge in [0.1, 0.15) is 12.4 Å². The van der Waals surface area contributed by atoms with Crippen LogP contribution in [0.15, 0.2) is 24.3 Å². The van der Waals surface area contributed by atoms with Gasteiger partial charge in [-0.25, -0.2) is 8.42 Å². The number of nitrogens with one attached hydrogen (secondary N) is 1. The molecule has 1 aromatic rings. The van der Waals surface area contributed by atoms with E-state index in [9.17, 15) is 13.2 Å². The van der Waals surface area contributed by atoms with Crippen LogP contribution < -0.4 is 15.2 Å². The van der Waals surface area contributed by atoms with Crippen molar-refractivity contribution in [1.29, 1.82) is 0 Å². The van der Waals surface area contributed by atoms with Crippen molar-refractivity contribution in [2.24, 2.45) is 5.73 Å². The van der Waals surface area contributed by atoms with Crippen molar-refractivity contribution in [2.45, 2.75) is 6.42 Å². The zero-order valence-electron chi connectivity index (χ0n) is 10.2. The summed E-state index contributed by atoms with van der Waals surface area (Å²) in [4.78, 5) is 10.3. The molecule has 0 aliphatic carbocycles. The molecular weight excluding hydrogens is 272 g/mol. The first-order valence-electron chi connectivity index (χ1n) is 5.58. The van der Waals surface area contributed by atoms with Crippen molar-refractivity contribution in [1.82, 2.24) is 0 Å². The maximum Gasteiger partial charge on any atom is 0.304 e. The van der Waals surface area contributed by atoms with Gasteiger partial charge in [0.2, 0.25) is 10.0 Å². The number of anilines is 1. The van der Waals surface area contributed by atoms with Crippen LogP contribution in [0.1, 0.15) is 6.42 Å². The predicted octanol–water partition coefficient (Wildman–Crippen LogP) is 0.240. The molecule has 0 saturated carbocycles. The monoisotopic (exact) mass is 288 g/mol. The van der Waals surface area contributed by atoms with Crippen molar-refractivity contribution in [3.63, 3.8) is 0 Å². The van der Waals surface area contributed by atoms with E-state index in [1.165, 1.54) is 6.07 Å². The van der Waals surface area contributed by atoms with E-state index in [2.05, 4.69) is 4.72 Å². The van der Waals surface area contributed by atoms with E-state index in [0.29, 0.717) is 24.6 Å². The van der Waals surface area contributed by atoms with Gasteiger partial charge in [0.25, 0.3) is 0 Å². The summed E-state index contributed by atoms with van der Waals surface area (Å²) < 4.78 is 30.7. The SMILES string of the molecule is NCCOc1cccc(NS(=O)(=O)CCC(=O)O)c1. The molecule has 0 heterocycles. The number of hydrogen-bond acceptors (Lipinski definition) is 5. The van der Waals surface area contributed by atoms with Crippen LogP contribution in [0.5, 0.6) is 5.75 Å². The van der Waals surface area contributed by atoms with E-state index in [1.807, 2.05) is 0 Å². The fourth-order valence-electron chi connectivity index (χ4n) is 1.28. The molecule has 0 aromatic heterocycles. The number of carboxylic acids is 1. The zero-order valence-corrected chi connectivity index (χ0v) is 11.0. The highest BCUT2D eigenvalue weighted by Crippen LogP contribution is 2.18. The number of ether oxygens (including phenoxy) is 1. The summed E-state index contributed by atoms with van der Waals surface area (Å²) in [5.41, 5.74) is 5.61. The van der Waals surface area contributed by atoms with E-state index >= 15 is 0 Å². The molecule has 0 radical (unpaired) electrons. The molecule has 0 atom stereocenters. The number of sulfonamides is 1. The highest BCUT2D eigenvalue weighted by atomic mass is 32.2. The van der Waals surface area contributed by atoms with Crippen molar-refractivity contribution in [3.8, 4) is 5.75 Å². The third-order valence-corrected chi connectivity index (χ3v) is 3.37. The minimum atomic E-state index is -3.68. The highest BCUT2D eigenvalue weighted by Gasteiger charge is 2.13. The molecule has 1 aromatic carbocycles. The van der Waals surface area contributed by atoms with E-state index in [4.69, 9.17) is 15.6 Å². The molecule has 19 heavy (non-hydrogen) atoms. The Balaban J connectivity index is 2.68. The Morgan fingerprint density at radius 3 is 2.79 bits per heavy atom. The third-order valence-electron chi connectivity index (χ3n) is 2.08. The minimum Gasteiger partial charge on any atom is -0.492 e. The lowest BCUT2D eigenvalue weighted by atomic mass is 10.3. The first-order valence-corrected chi connectivity index (χ1v) is 7.23. The molecule has 1 rings (SSSR count). The lowest BCUT2D eigenvalue weighted by Gasteiger charge is -2.09. The number of hydrogen-bond donors (Lipinski definition) is 3. The second-order valence-corrected chi connectivity index (χ2v) is 5.57. The molecule has 106 valence electrons. The average Bonchev–Trinajstić information content (AvgIpc) is 2.34. The lowest BCUT2D eigenvalue weighted by Crippen LogP contribution is -2.19. The Bertz CT molecular complexity index is 530. The number of aliphatic carboxylic acids is 1. The van der Waals surface area contributed by atoms with Crippen LogP contribution in [0, 0.1) is 0 Å². The van der Waals surface area contributed by atoms with E-state index in [1.54, 1.807) is 18.2 Å². The highest BCUT2D eigenvalue weighted by molar-refractivity contribution is 7.92. The third kappa shape index (κ3) is 6.07. The molecule has 0 aliphatic rings. The Labute approximate surface area is 111 Å². The van der Waals surface area contributed by atoms with Gasteiger partial charge in [0.15, 0.2) is 0 Å². The number of nitrogens with two attached hydrogens (primary N) is 1. The molecule has 7 nitrogen and oxygen atoms in total. The number of carboxylic acid groups (broad SMARTS) is 1. The van der Waals surface area contributed by atoms with Crippen LogP contribution in [0.3, 0.4) is 0 Å². The summed E-state index contributed by atoms with van der Waals surface area (Å²) in [7, 11) is -3.68. The van der Waals surface area contributed by atoms with Gasteiger partial charge in [0, 0.05) is 12.6 Å². The molecule has 0 saturated heterocycles. The van der Waals surface area contributed by atoms with Crippen LogP contribution in [0.25, 0.3) is 0 Å². The van der Waals surface area contributed by atoms with Gasteiger partial charge < -0.3 is 15.6 Å². The summed E-state index contributed by atoms with van der Waals surface area (Å²) in [5.74, 6) is -1.15. The second-order valence-electron chi connectivity index (χ2n) is 3.73. The van der Waals surface area contributed by atoms with Gasteiger partial charge in [-0.3, -0.25) is 9.52 Å². The summed E-state index contributed by atoms with van der Waals surface area (Å²) in [5, 5.41) is 8.46. The van der Waals surface area contributed by atoms with Gasteiger partial charge in [-0.2, -0.15) is 0 Å². The van der Waals surface area contributed by atoms with Crippen LogP contribution in [-0.2, 0) is 14.8 Å². The predicted molar refractivity (Wildman–Crippen MR) is 70.7 cm³/mol. The number of benzene rings is 1. The Morgan fingerprint density at radius 1 is 1.42 bits per heavy atom. The number of rotatable bonds is 8. The largest absolute Gasteiger partial charge is 0.492 e. The van der Waals surface area contributed by atoms with Gasteiger partial charge in [0.05, 0.1) is 17.9 Å². The maximum absolute atomic E-state index is 11.6. The van der Waals surface area contributed by atoms with E-state index in [-0.39, 0.29) is 0 Å². The van der Waals surface area contributed by atoms with Gasteiger partial charge in [-0.05, 0) is 12.1 Å². The molecule has 0 aliphatic heterocycles. The molecule has 0 fully saturated rings. The first-order chi connectivity index (χ1) is 8.93. The topological polar surface area (TPSA) is 119 Å². The molecule has 8 heteroatoms. The van der Waals surface area contributed by atoms with Crippen molar-refractivity contribution >= 4 is 21.7 Å². The Hall–Kier alpha value is -1.80. The number of carbonyl (C=O) groups is 1. The molecule has 4 N–H and O–H groups in total. The van der Waals surface area contributed by atoms with Gasteiger partial charge >= 0.3 is 5.97 Å². The fraction of sp³-hybridized carbons (Fsp3) is 0.364. The van der Waals surface area contributed by atoms with Crippen LogP contribution in [0.4, 0.5) is 5.69 Å². The lowest BCUT2D eigenvalue weighted by molar-refractivity contribution is -0.136. The summed E-state index contributed by atoms with van der Waals surface area (Å²) in [6, 6.07) is 6.35. The summed E-state index contributed by atoms with van der Waals surface area (Å²) >= 11 is 0. The minimum absolute atomic E-state index is 0.319. The smallest absolute Gasteiger partial charge is 0.304 e. The van der Waals surface area contributed by atoms with Crippen LogP contribution in [0.2, 0.25) is 0 Å². The van der Waals surface area contributed by atoms with Crippen LogP contribution in [-0.4, -0.2) is 38.4 Å². The van der Waals surface area contributed by atoms with E-state index < -0.39 is 28.2 Å². The quantitative estimate of drug-likeness (QED) is 0.630. The normalized spacial score (nSPS) is 11.0. The molecule has 0 amide bonds. The molecule has 0 unspecified atom stereocenters. The maximum atomic E-state index is 11.6. The van der Waals surface area contributed by atoms with Crippen molar-refractivity contribution in [2.75, 3.05) is 23.6 Å². The summed E-state index contributed by atoms with van der Waals surface area (Å²) in [6.45, 7) is 0.684.